The third-order valence-corrected chi connectivity index (χ3v) is 6.41. The average Bonchev–Trinajstić information content (AvgIpc) is 3.36. The molecule has 1 fully saturated rings. The van der Waals surface area contributed by atoms with Gasteiger partial charge >= 0.3 is 18.4 Å². The van der Waals surface area contributed by atoms with E-state index in [1.165, 1.54) is 14.0 Å². The summed E-state index contributed by atoms with van der Waals surface area (Å²) in [6.45, 7) is 3.02. The van der Waals surface area contributed by atoms with E-state index in [9.17, 15) is 31.5 Å². The fourth-order valence-electron chi connectivity index (χ4n) is 4.19. The number of rotatable bonds is 9. The van der Waals surface area contributed by atoms with Crippen molar-refractivity contribution >= 4 is 23.6 Å². The van der Waals surface area contributed by atoms with Crippen LogP contribution in [0.1, 0.15) is 20.3 Å². The summed E-state index contributed by atoms with van der Waals surface area (Å²) in [6.07, 6.45) is -13.7. The fourth-order valence-corrected chi connectivity index (χ4v) is 4.19. The maximum Gasteiger partial charge on any atom is 0.499 e. The number of halogens is 5. The molecule has 44 heavy (non-hydrogen) atoms. The summed E-state index contributed by atoms with van der Waals surface area (Å²) in [5.74, 6) is -1.19. The molecule has 0 bridgehead atoms. The van der Waals surface area contributed by atoms with Gasteiger partial charge in [0.05, 0.1) is 17.9 Å². The number of amides is 2. The van der Waals surface area contributed by atoms with Crippen LogP contribution in [-0.2, 0) is 23.7 Å². The summed E-state index contributed by atoms with van der Waals surface area (Å²) in [5.41, 5.74) is 0.981. The Morgan fingerprint density at radius 2 is 1.59 bits per heavy atom. The molecule has 1 aromatic heterocycles. The van der Waals surface area contributed by atoms with Gasteiger partial charge in [-0.05, 0) is 55.5 Å². The molecule has 0 unspecified atom stereocenters. The second kappa shape index (κ2) is 13.1. The van der Waals surface area contributed by atoms with Crippen LogP contribution in [0.25, 0.3) is 17.1 Å². The fraction of sp³-hybridized carbons (Fsp3) is 0.407. The van der Waals surface area contributed by atoms with Crippen LogP contribution < -0.4 is 15.4 Å². The van der Waals surface area contributed by atoms with Crippen LogP contribution in [0, 0.1) is 0 Å². The van der Waals surface area contributed by atoms with Crippen LogP contribution in [0.2, 0.25) is 0 Å². The zero-order chi connectivity index (χ0) is 32.2. The standard InChI is InChI=1S/C27H28F5N5O7/c1-14-20(40-3)13-21(41-4)23(42-14)43-25(39)34-17-7-5-16(6-8-17)22-35-24(33-15(2)38)37(36-22)18-9-11-19(12-10-18)44-27(31,32)26(28,29)30/h5-12,14,20-21,23H,13H2,1-4H3,(H,34,39)(H,33,35,36,38)/t14-,20+,21+,23-/m0/s1. The van der Waals surface area contributed by atoms with Crippen molar-refractivity contribution in [3.05, 3.63) is 48.5 Å². The summed E-state index contributed by atoms with van der Waals surface area (Å²) in [6, 6.07) is 10.3. The number of nitrogens with zero attached hydrogens (tertiary/aromatic N) is 3. The SMILES string of the molecule is CO[C@@H]1C[C@@H](OC)[C@H](C)O[C@H]1OC(=O)Nc1ccc(-c2nc(NC(C)=O)n(-c3ccc(OC(F)(F)C(F)(F)F)cc3)n2)cc1. The Hall–Kier alpha value is -4.35. The van der Waals surface area contributed by atoms with Crippen LogP contribution in [0.15, 0.2) is 48.5 Å². The van der Waals surface area contributed by atoms with E-state index in [1.807, 2.05) is 0 Å². The topological polar surface area (TPSA) is 135 Å². The Morgan fingerprint density at radius 1 is 0.955 bits per heavy atom. The van der Waals surface area contributed by atoms with Gasteiger partial charge in [-0.3, -0.25) is 15.4 Å². The lowest BCUT2D eigenvalue weighted by molar-refractivity contribution is -0.360. The van der Waals surface area contributed by atoms with Gasteiger partial charge in [0.1, 0.15) is 11.9 Å². The number of hydrogen-bond donors (Lipinski definition) is 2. The highest BCUT2D eigenvalue weighted by Gasteiger charge is 2.61. The van der Waals surface area contributed by atoms with Gasteiger partial charge in [0.2, 0.25) is 18.1 Å². The van der Waals surface area contributed by atoms with E-state index in [0.717, 1.165) is 28.9 Å². The monoisotopic (exact) mass is 629 g/mol. The van der Waals surface area contributed by atoms with Gasteiger partial charge in [0, 0.05) is 38.8 Å². The summed E-state index contributed by atoms with van der Waals surface area (Å²) in [7, 11) is 3.03. The predicted octanol–water partition coefficient (Wildman–Crippen LogP) is 5.14. The summed E-state index contributed by atoms with van der Waals surface area (Å²) >= 11 is 0. The maximum atomic E-state index is 13.2. The third-order valence-electron chi connectivity index (χ3n) is 6.41. The molecule has 0 saturated carbocycles. The number of alkyl halides is 5. The number of benzene rings is 2. The van der Waals surface area contributed by atoms with E-state index in [1.54, 1.807) is 38.3 Å². The minimum Gasteiger partial charge on any atom is -0.426 e. The molecule has 2 N–H and O–H groups in total. The van der Waals surface area contributed by atoms with Gasteiger partial charge in [-0.25, -0.2) is 4.79 Å². The van der Waals surface area contributed by atoms with Gasteiger partial charge in [0.15, 0.2) is 5.82 Å². The van der Waals surface area contributed by atoms with Crippen LogP contribution >= 0.6 is 0 Å². The Labute approximate surface area is 247 Å². The van der Waals surface area contributed by atoms with Crippen molar-refractivity contribution in [3.63, 3.8) is 0 Å². The molecule has 4 atom stereocenters. The van der Waals surface area contributed by atoms with Crippen molar-refractivity contribution in [1.29, 1.82) is 0 Å². The molecule has 0 radical (unpaired) electrons. The molecule has 1 aliphatic rings. The van der Waals surface area contributed by atoms with Crippen molar-refractivity contribution in [2.24, 2.45) is 0 Å². The maximum absolute atomic E-state index is 13.2. The molecule has 0 aliphatic carbocycles. The summed E-state index contributed by atoms with van der Waals surface area (Å²) in [5, 5.41) is 9.38. The number of aromatic nitrogens is 3. The van der Waals surface area contributed by atoms with Gasteiger partial charge in [0.25, 0.3) is 0 Å². The highest BCUT2D eigenvalue weighted by atomic mass is 19.4. The van der Waals surface area contributed by atoms with Crippen LogP contribution in [0.3, 0.4) is 0 Å². The van der Waals surface area contributed by atoms with E-state index >= 15 is 0 Å². The van der Waals surface area contributed by atoms with Crippen molar-refractivity contribution < 1.29 is 55.2 Å². The van der Waals surface area contributed by atoms with E-state index in [2.05, 4.69) is 25.5 Å². The number of nitrogens with one attached hydrogen (secondary N) is 2. The molecular formula is C27H28F5N5O7. The first-order chi connectivity index (χ1) is 20.7. The van der Waals surface area contributed by atoms with Gasteiger partial charge < -0.3 is 23.7 Å². The number of methoxy groups -OCH3 is 2. The zero-order valence-electron chi connectivity index (χ0n) is 23.7. The largest absolute Gasteiger partial charge is 0.499 e. The molecular weight excluding hydrogens is 601 g/mol. The zero-order valence-corrected chi connectivity index (χ0v) is 23.7. The molecule has 2 heterocycles. The van der Waals surface area contributed by atoms with E-state index in [0.29, 0.717) is 17.7 Å². The number of ether oxygens (including phenoxy) is 5. The highest BCUT2D eigenvalue weighted by molar-refractivity contribution is 5.87. The first kappa shape index (κ1) is 32.6. The minimum absolute atomic E-state index is 0.0577. The van der Waals surface area contributed by atoms with E-state index in [4.69, 9.17) is 18.9 Å². The highest BCUT2D eigenvalue weighted by Crippen LogP contribution is 2.37. The van der Waals surface area contributed by atoms with Gasteiger partial charge in [-0.15, -0.1) is 5.10 Å². The molecule has 3 aromatic rings. The molecule has 1 aliphatic heterocycles. The Morgan fingerprint density at radius 3 is 2.16 bits per heavy atom. The molecule has 4 rings (SSSR count). The van der Waals surface area contributed by atoms with Gasteiger partial charge in [-0.2, -0.15) is 31.6 Å². The summed E-state index contributed by atoms with van der Waals surface area (Å²) < 4.78 is 90.7. The first-order valence-corrected chi connectivity index (χ1v) is 13.0. The molecule has 12 nitrogen and oxygen atoms in total. The Kier molecular flexibility index (Phi) is 9.70. The Bertz CT molecular complexity index is 1450. The third kappa shape index (κ3) is 7.59. The molecule has 2 aromatic carbocycles. The lowest BCUT2D eigenvalue weighted by Gasteiger charge is -2.37. The second-order valence-electron chi connectivity index (χ2n) is 9.56. The van der Waals surface area contributed by atoms with Crippen LogP contribution in [0.4, 0.5) is 38.4 Å². The smallest absolute Gasteiger partial charge is 0.426 e. The normalized spacial score (nSPS) is 20.6. The number of anilines is 2. The molecule has 1 saturated heterocycles. The molecule has 238 valence electrons. The Balaban J connectivity index is 1.47. The predicted molar refractivity (Wildman–Crippen MR) is 143 cm³/mol. The average molecular weight is 630 g/mol. The van der Waals surface area contributed by atoms with E-state index in [-0.39, 0.29) is 29.7 Å². The molecule has 2 amide bonds. The molecule has 17 heteroatoms. The second-order valence-corrected chi connectivity index (χ2v) is 9.56. The van der Waals surface area contributed by atoms with Crippen molar-refractivity contribution in [2.75, 3.05) is 24.9 Å². The van der Waals surface area contributed by atoms with Crippen LogP contribution in [0.5, 0.6) is 5.75 Å². The number of carbonyl (C=O) groups is 2. The molecule has 0 spiro atoms. The van der Waals surface area contributed by atoms with Gasteiger partial charge in [-0.1, -0.05) is 0 Å². The van der Waals surface area contributed by atoms with Crippen molar-refractivity contribution in [3.8, 4) is 22.8 Å². The number of carbonyl (C=O) groups excluding carboxylic acids is 2. The van der Waals surface area contributed by atoms with Crippen LogP contribution in [-0.4, -0.2) is 77.9 Å². The van der Waals surface area contributed by atoms with Crippen molar-refractivity contribution in [2.45, 2.75) is 57.2 Å². The first-order valence-electron chi connectivity index (χ1n) is 13.0. The van der Waals surface area contributed by atoms with Crippen molar-refractivity contribution in [1.82, 2.24) is 14.8 Å². The lowest BCUT2D eigenvalue weighted by Crippen LogP contribution is -2.49. The minimum atomic E-state index is -5.90. The quantitative estimate of drug-likeness (QED) is 0.309. The summed E-state index contributed by atoms with van der Waals surface area (Å²) in [4.78, 5) is 28.6. The lowest BCUT2D eigenvalue weighted by atomic mass is 10.0. The number of hydrogen-bond acceptors (Lipinski definition) is 9. The van der Waals surface area contributed by atoms with E-state index < -0.39 is 42.4 Å².